The number of unbranched alkanes of at least 4 members (excludes halogenated alkanes) is 1. The zero-order valence-electron chi connectivity index (χ0n) is 7.52. The van der Waals surface area contributed by atoms with Crippen molar-refractivity contribution in [3.05, 3.63) is 0 Å². The van der Waals surface area contributed by atoms with Crippen molar-refractivity contribution in [1.29, 1.82) is 0 Å². The molecule has 0 rings (SSSR count). The van der Waals surface area contributed by atoms with Gasteiger partial charge in [-0.15, -0.1) is 0 Å². The first kappa shape index (κ1) is 10.4. The fraction of sp³-hybridized carbons (Fsp3) is 1.00. The fourth-order valence-electron chi connectivity index (χ4n) is 0.919. The third kappa shape index (κ3) is 5.22. The molecule has 0 bridgehead atoms. The van der Waals surface area contributed by atoms with Crippen molar-refractivity contribution in [2.75, 3.05) is 5.75 Å². The van der Waals surface area contributed by atoms with Crippen LogP contribution >= 0.6 is 11.6 Å². The molecular weight excluding hydrogens is 139 g/mol. The molecule has 0 N–H and O–H groups in total. The smallest absolute Gasteiger partial charge is 0.208 e. The predicted octanol–water partition coefficient (Wildman–Crippen LogP) is 3.55. The topological polar surface area (TPSA) is 0 Å². The zero-order chi connectivity index (χ0) is 7.82. The highest BCUT2D eigenvalue weighted by Gasteiger charge is 2.06. The second kappa shape index (κ2) is 7.52. The summed E-state index contributed by atoms with van der Waals surface area (Å²) in [6.07, 6.45) is 5.41. The molecule has 0 aromatic carbocycles. The minimum atomic E-state index is 0.923. The second-order valence-electron chi connectivity index (χ2n) is 2.66. The van der Waals surface area contributed by atoms with Gasteiger partial charge in [0.05, 0.1) is 0 Å². The minimum Gasteiger partial charge on any atom is -0.210 e. The van der Waals surface area contributed by atoms with E-state index in [1.54, 1.807) is 0 Å². The highest BCUT2D eigenvalue weighted by atomic mass is 32.2. The lowest BCUT2D eigenvalue weighted by Gasteiger charge is -2.06. The number of rotatable bonds is 6. The van der Waals surface area contributed by atoms with Crippen molar-refractivity contribution in [2.45, 2.75) is 46.3 Å². The van der Waals surface area contributed by atoms with Crippen molar-refractivity contribution in [1.82, 2.24) is 0 Å². The van der Waals surface area contributed by atoms with Gasteiger partial charge in [-0.05, 0) is 12.2 Å². The number of hydrogen-bond acceptors (Lipinski definition) is 1. The third-order valence-electron chi connectivity index (χ3n) is 1.76. The van der Waals surface area contributed by atoms with Crippen LogP contribution in [0, 0.1) is 0 Å². The average Bonchev–Trinajstić information content (AvgIpc) is 1.99. The molecule has 0 aromatic heterocycles. The third-order valence-corrected chi connectivity index (χ3v) is 3.42. The first-order valence-electron chi connectivity index (χ1n) is 4.46. The zero-order valence-corrected chi connectivity index (χ0v) is 8.34. The number of hydrogen-bond donors (Lipinski definition) is 0. The summed E-state index contributed by atoms with van der Waals surface area (Å²) in [5.74, 6) is 2.29. The van der Waals surface area contributed by atoms with Crippen molar-refractivity contribution < 1.29 is 0 Å². The van der Waals surface area contributed by atoms with Crippen LogP contribution in [0.1, 0.15) is 33.6 Å². The van der Waals surface area contributed by atoms with E-state index in [4.69, 9.17) is 0 Å². The van der Waals surface area contributed by atoms with E-state index in [2.05, 4.69) is 32.4 Å². The van der Waals surface area contributed by atoms with Crippen LogP contribution < -0.4 is 0 Å². The van der Waals surface area contributed by atoms with Gasteiger partial charge < -0.3 is 0 Å². The highest BCUT2D eigenvalue weighted by Crippen LogP contribution is 2.15. The summed E-state index contributed by atoms with van der Waals surface area (Å²) in [6.45, 7) is 6.83. The van der Waals surface area contributed by atoms with Gasteiger partial charge in [-0.2, -0.15) is 0 Å². The molecule has 0 spiro atoms. The lowest BCUT2D eigenvalue weighted by molar-refractivity contribution is 0.898. The molecule has 0 atom stereocenters. The molecule has 0 aliphatic rings. The maximum Gasteiger partial charge on any atom is 0.208 e. The van der Waals surface area contributed by atoms with Crippen molar-refractivity contribution >= 4 is 17.6 Å². The molecular formula is C8H19BS. The molecule has 0 saturated heterocycles. The maximum atomic E-state index is 2.28. The summed E-state index contributed by atoms with van der Waals surface area (Å²) in [5.41, 5.74) is 0. The molecule has 0 unspecified atom stereocenters. The molecule has 2 heteroatoms. The lowest BCUT2D eigenvalue weighted by atomic mass is 9.70. The molecule has 0 aliphatic carbocycles. The Morgan fingerprint density at radius 3 is 2.10 bits per heavy atom. The Kier molecular flexibility index (Phi) is 7.83. The molecule has 0 aliphatic heterocycles. The summed E-state index contributed by atoms with van der Waals surface area (Å²) in [7, 11) is 0. The molecule has 0 heterocycles. The van der Waals surface area contributed by atoms with Gasteiger partial charge in [0.2, 0.25) is 5.99 Å². The Morgan fingerprint density at radius 1 is 1.10 bits per heavy atom. The molecule has 0 radical (unpaired) electrons. The van der Waals surface area contributed by atoms with Gasteiger partial charge >= 0.3 is 0 Å². The first-order valence-corrected chi connectivity index (χ1v) is 5.51. The largest absolute Gasteiger partial charge is 0.210 e. The van der Waals surface area contributed by atoms with Gasteiger partial charge in [-0.1, -0.05) is 39.8 Å². The Hall–Kier alpha value is 0.415. The molecule has 0 saturated carbocycles. The molecule has 0 fully saturated rings. The van der Waals surface area contributed by atoms with E-state index in [1.807, 2.05) is 0 Å². The quantitative estimate of drug-likeness (QED) is 0.420. The van der Waals surface area contributed by atoms with E-state index in [0.29, 0.717) is 0 Å². The van der Waals surface area contributed by atoms with Gasteiger partial charge in [-0.3, -0.25) is 0 Å². The van der Waals surface area contributed by atoms with Crippen LogP contribution in [-0.2, 0) is 0 Å². The van der Waals surface area contributed by atoms with Gasteiger partial charge in [0.15, 0.2) is 0 Å². The Balaban J connectivity index is 3.09. The van der Waals surface area contributed by atoms with Crippen LogP contribution in [0.15, 0.2) is 0 Å². The standard InChI is InChI=1S/C8H19BS/c1-4-7-8-10-9(5-2)6-3/h4-8H2,1-3H3. The summed E-state index contributed by atoms with van der Waals surface area (Å²) in [5, 5.41) is 0. The predicted molar refractivity (Wildman–Crippen MR) is 54.1 cm³/mol. The van der Waals surface area contributed by atoms with Crippen LogP contribution in [0.5, 0.6) is 0 Å². The van der Waals surface area contributed by atoms with Crippen LogP contribution in [-0.4, -0.2) is 11.7 Å². The monoisotopic (exact) mass is 158 g/mol. The van der Waals surface area contributed by atoms with Crippen LogP contribution in [0.25, 0.3) is 0 Å². The summed E-state index contributed by atoms with van der Waals surface area (Å²) >= 11 is 2.15. The first-order chi connectivity index (χ1) is 4.85. The highest BCUT2D eigenvalue weighted by molar-refractivity contribution is 8.25. The molecule has 60 valence electrons. The van der Waals surface area contributed by atoms with Gasteiger partial charge in [-0.25, -0.2) is 11.6 Å². The Labute approximate surface area is 70.1 Å². The van der Waals surface area contributed by atoms with Crippen LogP contribution in [0.2, 0.25) is 12.6 Å². The summed E-state index contributed by atoms with van der Waals surface area (Å²) in [4.78, 5) is 0. The van der Waals surface area contributed by atoms with E-state index in [1.165, 1.54) is 31.2 Å². The lowest BCUT2D eigenvalue weighted by Crippen LogP contribution is -2.03. The maximum absolute atomic E-state index is 2.28. The summed E-state index contributed by atoms with van der Waals surface area (Å²) in [6, 6.07) is 0. The normalized spacial score (nSPS) is 9.90. The van der Waals surface area contributed by atoms with Gasteiger partial charge in [0, 0.05) is 0 Å². The van der Waals surface area contributed by atoms with Crippen LogP contribution in [0.3, 0.4) is 0 Å². The van der Waals surface area contributed by atoms with Crippen molar-refractivity contribution in [2.24, 2.45) is 0 Å². The van der Waals surface area contributed by atoms with E-state index >= 15 is 0 Å². The van der Waals surface area contributed by atoms with Crippen LogP contribution in [0.4, 0.5) is 0 Å². The average molecular weight is 158 g/mol. The van der Waals surface area contributed by atoms with E-state index in [-0.39, 0.29) is 0 Å². The fourth-order valence-corrected chi connectivity index (χ4v) is 2.18. The van der Waals surface area contributed by atoms with Gasteiger partial charge in [0.1, 0.15) is 0 Å². The molecule has 0 aromatic rings. The SMILES string of the molecule is CCCCSB(CC)CC. The van der Waals surface area contributed by atoms with E-state index < -0.39 is 0 Å². The second-order valence-corrected chi connectivity index (χ2v) is 4.07. The Morgan fingerprint density at radius 2 is 1.70 bits per heavy atom. The van der Waals surface area contributed by atoms with Crippen molar-refractivity contribution in [3.63, 3.8) is 0 Å². The van der Waals surface area contributed by atoms with Gasteiger partial charge in [0.25, 0.3) is 0 Å². The molecule has 0 amide bonds. The Bertz CT molecular complexity index is 62.3. The minimum absolute atomic E-state index is 0.923. The molecule has 0 nitrogen and oxygen atoms in total. The van der Waals surface area contributed by atoms with Crippen molar-refractivity contribution in [3.8, 4) is 0 Å². The summed E-state index contributed by atoms with van der Waals surface area (Å²) < 4.78 is 0. The van der Waals surface area contributed by atoms with E-state index in [0.717, 1.165) is 5.99 Å². The molecule has 10 heavy (non-hydrogen) atoms. The van der Waals surface area contributed by atoms with E-state index in [9.17, 15) is 0 Å².